The van der Waals surface area contributed by atoms with Crippen molar-refractivity contribution in [3.05, 3.63) is 77.9 Å². The molecule has 2 heteroatoms. The molecule has 0 radical (unpaired) electrons. The monoisotopic (exact) mass is 342 g/mol. The fraction of sp³-hybridized carbons (Fsp3) is 0.364. The molecule has 0 bridgehead atoms. The first-order valence-corrected chi connectivity index (χ1v) is 8.81. The van der Waals surface area contributed by atoms with E-state index in [1.54, 1.807) is 7.11 Å². The van der Waals surface area contributed by atoms with Gasteiger partial charge in [0.2, 0.25) is 0 Å². The average molecular weight is 343 g/mol. The van der Waals surface area contributed by atoms with Crippen LogP contribution in [0, 0.1) is 0 Å². The van der Waals surface area contributed by atoms with E-state index in [-0.39, 0.29) is 10.8 Å². The predicted molar refractivity (Wildman–Crippen MR) is 104 cm³/mol. The van der Waals surface area contributed by atoms with E-state index in [9.17, 15) is 0 Å². The molecule has 2 atom stereocenters. The summed E-state index contributed by atoms with van der Waals surface area (Å²) in [6.07, 6.45) is 2.78. The van der Waals surface area contributed by atoms with Crippen LogP contribution < -0.4 is 4.74 Å². The Morgan fingerprint density at radius 3 is 2.21 bits per heavy atom. The molecule has 2 aromatic carbocycles. The van der Waals surface area contributed by atoms with Crippen molar-refractivity contribution in [2.45, 2.75) is 43.9 Å². The lowest BCUT2D eigenvalue weighted by Crippen LogP contribution is -2.21. The van der Waals surface area contributed by atoms with Gasteiger partial charge in [0, 0.05) is 10.8 Å². The molecule has 0 saturated heterocycles. The highest BCUT2D eigenvalue weighted by atomic mass is 35.5. The van der Waals surface area contributed by atoms with E-state index in [2.05, 4.69) is 62.9 Å². The number of halogens is 1. The van der Waals surface area contributed by atoms with Crippen LogP contribution in [0.5, 0.6) is 5.75 Å². The molecule has 0 spiro atoms. The molecule has 0 N–H and O–H groups in total. The molecule has 0 aromatic heterocycles. The first-order valence-electron chi connectivity index (χ1n) is 8.43. The van der Waals surface area contributed by atoms with Crippen molar-refractivity contribution < 1.29 is 4.74 Å². The van der Waals surface area contributed by atoms with Crippen molar-refractivity contribution in [3.63, 3.8) is 0 Å². The first kappa shape index (κ1) is 18.6. The average Bonchev–Trinajstić information content (AvgIpc) is 2.59. The summed E-state index contributed by atoms with van der Waals surface area (Å²) < 4.78 is 5.28. The molecule has 2 rings (SSSR count). The molecule has 0 saturated carbocycles. The fourth-order valence-electron chi connectivity index (χ4n) is 2.95. The highest BCUT2D eigenvalue weighted by Crippen LogP contribution is 2.38. The van der Waals surface area contributed by atoms with E-state index in [1.807, 2.05) is 12.1 Å². The Kier molecular flexibility index (Phi) is 6.51. The number of hydrogen-bond acceptors (Lipinski definition) is 1. The molecule has 0 aliphatic heterocycles. The second-order valence-electron chi connectivity index (χ2n) is 6.81. The lowest BCUT2D eigenvalue weighted by molar-refractivity contribution is 0.414. The maximum atomic E-state index is 6.87. The molecule has 0 aliphatic carbocycles. The van der Waals surface area contributed by atoms with Gasteiger partial charge in [-0.05, 0) is 56.4 Å². The van der Waals surface area contributed by atoms with Crippen LogP contribution in [0.3, 0.4) is 0 Å². The smallest absolute Gasteiger partial charge is 0.118 e. The molecule has 24 heavy (non-hydrogen) atoms. The number of ether oxygens (including phenoxy) is 1. The molecular formula is C22H27ClO. The van der Waals surface area contributed by atoms with Crippen molar-refractivity contribution in [2.24, 2.45) is 0 Å². The number of hydrogen-bond donors (Lipinski definition) is 0. The van der Waals surface area contributed by atoms with E-state index in [0.717, 1.165) is 25.0 Å². The van der Waals surface area contributed by atoms with Crippen LogP contribution in [-0.2, 0) is 0 Å². The zero-order valence-corrected chi connectivity index (χ0v) is 15.6. The molecule has 2 aromatic rings. The molecule has 0 heterocycles. The first-order chi connectivity index (χ1) is 11.4. The van der Waals surface area contributed by atoms with Crippen molar-refractivity contribution in [2.75, 3.05) is 7.11 Å². The standard InChI is InChI=1S/C22H27ClO/c1-17(2)14-15-22(3,23)16-21(18-8-6-5-7-9-18)19-10-12-20(24-4)13-11-19/h5-13,21H,1,14-16H2,2-4H3. The summed E-state index contributed by atoms with van der Waals surface area (Å²) in [7, 11) is 1.69. The van der Waals surface area contributed by atoms with E-state index in [4.69, 9.17) is 16.3 Å². The zero-order chi connectivity index (χ0) is 17.6. The summed E-state index contributed by atoms with van der Waals surface area (Å²) >= 11 is 6.87. The summed E-state index contributed by atoms with van der Waals surface area (Å²) in [5.41, 5.74) is 3.75. The second kappa shape index (κ2) is 8.39. The molecule has 128 valence electrons. The predicted octanol–water partition coefficient (Wildman–Crippen LogP) is 6.57. The topological polar surface area (TPSA) is 9.23 Å². The number of rotatable bonds is 8. The number of benzene rings is 2. The van der Waals surface area contributed by atoms with Gasteiger partial charge < -0.3 is 4.74 Å². The van der Waals surface area contributed by atoms with Gasteiger partial charge >= 0.3 is 0 Å². The Bertz CT molecular complexity index is 643. The van der Waals surface area contributed by atoms with E-state index in [0.29, 0.717) is 0 Å². The maximum absolute atomic E-state index is 6.87. The molecule has 0 aliphatic rings. The van der Waals surface area contributed by atoms with Crippen LogP contribution in [-0.4, -0.2) is 12.0 Å². The Labute approximate surface area is 151 Å². The maximum Gasteiger partial charge on any atom is 0.118 e. The van der Waals surface area contributed by atoms with Crippen molar-refractivity contribution in [1.82, 2.24) is 0 Å². The van der Waals surface area contributed by atoms with Gasteiger partial charge in [0.15, 0.2) is 0 Å². The number of allylic oxidation sites excluding steroid dienone is 1. The van der Waals surface area contributed by atoms with Gasteiger partial charge in [-0.1, -0.05) is 48.0 Å². The normalized spacial score (nSPS) is 14.7. The van der Waals surface area contributed by atoms with Gasteiger partial charge in [-0.2, -0.15) is 0 Å². The molecule has 0 fully saturated rings. The van der Waals surface area contributed by atoms with Crippen molar-refractivity contribution in [1.29, 1.82) is 0 Å². The molecular weight excluding hydrogens is 316 g/mol. The van der Waals surface area contributed by atoms with Crippen LogP contribution in [0.15, 0.2) is 66.7 Å². The summed E-state index contributed by atoms with van der Waals surface area (Å²) in [4.78, 5) is -0.264. The SMILES string of the molecule is C=C(C)CCC(C)(Cl)CC(c1ccccc1)c1ccc(OC)cc1. The highest BCUT2D eigenvalue weighted by Gasteiger charge is 2.27. The van der Waals surface area contributed by atoms with E-state index >= 15 is 0 Å². The quantitative estimate of drug-likeness (QED) is 0.389. The Balaban J connectivity index is 2.27. The van der Waals surface area contributed by atoms with Gasteiger partial charge in [0.1, 0.15) is 5.75 Å². The van der Waals surface area contributed by atoms with Crippen LogP contribution in [0.2, 0.25) is 0 Å². The minimum Gasteiger partial charge on any atom is -0.497 e. The Morgan fingerprint density at radius 2 is 1.67 bits per heavy atom. The summed E-state index contributed by atoms with van der Waals surface area (Å²) in [5.74, 6) is 1.14. The zero-order valence-electron chi connectivity index (χ0n) is 14.9. The van der Waals surface area contributed by atoms with Gasteiger partial charge in [0.05, 0.1) is 7.11 Å². The summed E-state index contributed by atoms with van der Waals surface area (Å²) in [6, 6.07) is 18.9. The molecule has 1 nitrogen and oxygen atoms in total. The summed E-state index contributed by atoms with van der Waals surface area (Å²) in [5, 5.41) is 0. The molecule has 0 amide bonds. The minimum absolute atomic E-state index is 0.264. The Hall–Kier alpha value is -1.73. The van der Waals surface area contributed by atoms with Crippen LogP contribution in [0.25, 0.3) is 0 Å². The molecule has 2 unspecified atom stereocenters. The van der Waals surface area contributed by atoms with Gasteiger partial charge in [-0.3, -0.25) is 0 Å². The Morgan fingerprint density at radius 1 is 1.08 bits per heavy atom. The lowest BCUT2D eigenvalue weighted by Gasteiger charge is -2.29. The van der Waals surface area contributed by atoms with Gasteiger partial charge in [0.25, 0.3) is 0 Å². The number of alkyl halides is 1. The van der Waals surface area contributed by atoms with Crippen LogP contribution >= 0.6 is 11.6 Å². The van der Waals surface area contributed by atoms with E-state index < -0.39 is 0 Å². The van der Waals surface area contributed by atoms with E-state index in [1.165, 1.54) is 16.7 Å². The third-order valence-electron chi connectivity index (χ3n) is 4.42. The van der Waals surface area contributed by atoms with Crippen molar-refractivity contribution >= 4 is 11.6 Å². The number of methoxy groups -OCH3 is 1. The minimum atomic E-state index is -0.264. The van der Waals surface area contributed by atoms with Gasteiger partial charge in [-0.25, -0.2) is 0 Å². The highest BCUT2D eigenvalue weighted by molar-refractivity contribution is 6.23. The van der Waals surface area contributed by atoms with Crippen LogP contribution in [0.4, 0.5) is 0 Å². The van der Waals surface area contributed by atoms with Crippen molar-refractivity contribution in [3.8, 4) is 5.75 Å². The largest absolute Gasteiger partial charge is 0.497 e. The summed E-state index contributed by atoms with van der Waals surface area (Å²) in [6.45, 7) is 8.20. The van der Waals surface area contributed by atoms with Gasteiger partial charge in [-0.15, -0.1) is 18.2 Å². The third kappa shape index (κ3) is 5.42. The third-order valence-corrected chi connectivity index (χ3v) is 4.77. The fourth-order valence-corrected chi connectivity index (χ4v) is 3.20. The lowest BCUT2D eigenvalue weighted by atomic mass is 9.82. The van der Waals surface area contributed by atoms with Crippen LogP contribution in [0.1, 0.15) is 50.2 Å². The second-order valence-corrected chi connectivity index (χ2v) is 7.72.